The van der Waals surface area contributed by atoms with E-state index >= 15 is 0 Å². The van der Waals surface area contributed by atoms with Crippen LogP contribution in [0.2, 0.25) is 0 Å². The minimum Gasteiger partial charge on any atom is -0.376 e. The minimum atomic E-state index is -0.203. The summed E-state index contributed by atoms with van der Waals surface area (Å²) in [5, 5.41) is 7.97. The SMILES string of the molecule is CCCNC(c1c(Br)cnn1C)C(CC)(CC)OC. The molecule has 0 saturated carbocycles. The van der Waals surface area contributed by atoms with E-state index in [1.54, 1.807) is 7.11 Å². The van der Waals surface area contributed by atoms with Gasteiger partial charge in [0.05, 0.1) is 28.0 Å². The van der Waals surface area contributed by atoms with E-state index in [9.17, 15) is 0 Å². The van der Waals surface area contributed by atoms with Crippen molar-refractivity contribution in [3.63, 3.8) is 0 Å². The van der Waals surface area contributed by atoms with Crippen molar-refractivity contribution in [3.8, 4) is 0 Å². The summed E-state index contributed by atoms with van der Waals surface area (Å²) in [6.07, 6.45) is 4.86. The average Bonchev–Trinajstić information content (AvgIpc) is 2.75. The van der Waals surface area contributed by atoms with Gasteiger partial charge in [0.2, 0.25) is 0 Å². The first-order valence-corrected chi connectivity index (χ1v) is 7.81. The van der Waals surface area contributed by atoms with Crippen LogP contribution in [-0.2, 0) is 11.8 Å². The number of ether oxygens (including phenoxy) is 1. The Morgan fingerprint density at radius 2 is 2.05 bits per heavy atom. The third-order valence-corrected chi connectivity index (χ3v) is 4.55. The third kappa shape index (κ3) is 3.38. The second-order valence-electron chi connectivity index (χ2n) is 4.86. The molecule has 1 rings (SSSR count). The maximum absolute atomic E-state index is 5.90. The fourth-order valence-electron chi connectivity index (χ4n) is 2.63. The Kier molecular flexibility index (Phi) is 6.50. The lowest BCUT2D eigenvalue weighted by Crippen LogP contribution is -2.46. The van der Waals surface area contributed by atoms with Gasteiger partial charge in [-0.2, -0.15) is 5.10 Å². The van der Waals surface area contributed by atoms with Crippen molar-refractivity contribution in [2.24, 2.45) is 7.05 Å². The molecule has 1 heterocycles. The van der Waals surface area contributed by atoms with Gasteiger partial charge in [-0.05, 0) is 41.7 Å². The molecule has 0 radical (unpaired) electrons. The summed E-state index contributed by atoms with van der Waals surface area (Å²) in [5.74, 6) is 0. The zero-order valence-corrected chi connectivity index (χ0v) is 14.2. The number of rotatable bonds is 8. The van der Waals surface area contributed by atoms with Gasteiger partial charge in [0.1, 0.15) is 0 Å². The number of aryl methyl sites for hydroxylation is 1. The highest BCUT2D eigenvalue weighted by Gasteiger charge is 2.39. The Bertz CT molecular complexity index is 360. The first-order chi connectivity index (χ1) is 9.06. The van der Waals surface area contributed by atoms with Crippen LogP contribution in [0.5, 0.6) is 0 Å². The number of aromatic nitrogens is 2. The van der Waals surface area contributed by atoms with Crippen molar-refractivity contribution in [1.29, 1.82) is 0 Å². The number of methoxy groups -OCH3 is 1. The Balaban J connectivity index is 3.20. The molecular formula is C14H26BrN3O. The van der Waals surface area contributed by atoms with Crippen LogP contribution in [0.4, 0.5) is 0 Å². The second-order valence-corrected chi connectivity index (χ2v) is 5.72. The summed E-state index contributed by atoms with van der Waals surface area (Å²) in [6, 6.07) is 0.134. The van der Waals surface area contributed by atoms with Crippen LogP contribution in [0.15, 0.2) is 10.7 Å². The monoisotopic (exact) mass is 331 g/mol. The topological polar surface area (TPSA) is 39.1 Å². The standard InChI is InChI=1S/C14H26BrN3O/c1-6-9-16-13(14(7-2,8-3)19-5)12-11(15)10-17-18(12)4/h10,13,16H,6-9H2,1-5H3. The maximum atomic E-state index is 5.90. The fourth-order valence-corrected chi connectivity index (χ4v) is 3.21. The van der Waals surface area contributed by atoms with Gasteiger partial charge < -0.3 is 10.1 Å². The summed E-state index contributed by atoms with van der Waals surface area (Å²) in [6.45, 7) is 7.50. The average molecular weight is 332 g/mol. The summed E-state index contributed by atoms with van der Waals surface area (Å²) >= 11 is 3.61. The molecule has 0 aliphatic heterocycles. The molecule has 1 N–H and O–H groups in total. The summed E-state index contributed by atoms with van der Waals surface area (Å²) in [5.41, 5.74) is 0.949. The number of nitrogens with one attached hydrogen (secondary N) is 1. The van der Waals surface area contributed by atoms with E-state index in [0.29, 0.717) is 0 Å². The van der Waals surface area contributed by atoms with E-state index in [4.69, 9.17) is 4.74 Å². The molecule has 1 atom stereocenters. The smallest absolute Gasteiger partial charge is 0.0882 e. The highest BCUT2D eigenvalue weighted by molar-refractivity contribution is 9.10. The lowest BCUT2D eigenvalue weighted by molar-refractivity contribution is -0.0506. The second kappa shape index (κ2) is 7.41. The van der Waals surface area contributed by atoms with Crippen molar-refractivity contribution >= 4 is 15.9 Å². The van der Waals surface area contributed by atoms with Crippen LogP contribution >= 0.6 is 15.9 Å². The normalized spacial score (nSPS) is 13.8. The molecule has 5 heteroatoms. The summed E-state index contributed by atoms with van der Waals surface area (Å²) in [7, 11) is 3.78. The predicted octanol–water partition coefficient (Wildman–Crippen LogP) is 3.43. The van der Waals surface area contributed by atoms with Gasteiger partial charge in [0, 0.05) is 14.2 Å². The van der Waals surface area contributed by atoms with Gasteiger partial charge in [0.15, 0.2) is 0 Å². The summed E-state index contributed by atoms with van der Waals surface area (Å²) < 4.78 is 8.87. The minimum absolute atomic E-state index is 0.134. The summed E-state index contributed by atoms with van der Waals surface area (Å²) in [4.78, 5) is 0. The molecule has 0 aromatic carbocycles. The molecule has 0 aliphatic rings. The molecule has 0 bridgehead atoms. The van der Waals surface area contributed by atoms with Crippen LogP contribution in [0.1, 0.15) is 51.8 Å². The van der Waals surface area contributed by atoms with Crippen LogP contribution in [0.3, 0.4) is 0 Å². The molecule has 0 amide bonds. The first-order valence-electron chi connectivity index (χ1n) is 7.02. The number of halogens is 1. The van der Waals surface area contributed by atoms with Crippen molar-refractivity contribution in [2.75, 3.05) is 13.7 Å². The van der Waals surface area contributed by atoms with Gasteiger partial charge in [-0.3, -0.25) is 4.68 Å². The van der Waals surface area contributed by atoms with E-state index in [2.05, 4.69) is 47.1 Å². The Hall–Kier alpha value is -0.390. The largest absolute Gasteiger partial charge is 0.376 e. The Labute approximate surface area is 125 Å². The zero-order chi connectivity index (χ0) is 14.5. The molecule has 0 fully saturated rings. The van der Waals surface area contributed by atoms with E-state index in [0.717, 1.165) is 36.0 Å². The van der Waals surface area contributed by atoms with Crippen LogP contribution in [-0.4, -0.2) is 29.0 Å². The lowest BCUT2D eigenvalue weighted by Gasteiger charge is -2.39. The molecule has 19 heavy (non-hydrogen) atoms. The van der Waals surface area contributed by atoms with Gasteiger partial charge in [-0.15, -0.1) is 0 Å². The molecule has 0 spiro atoms. The molecule has 110 valence electrons. The lowest BCUT2D eigenvalue weighted by atomic mass is 9.86. The van der Waals surface area contributed by atoms with Crippen LogP contribution in [0.25, 0.3) is 0 Å². The van der Waals surface area contributed by atoms with Crippen molar-refractivity contribution in [1.82, 2.24) is 15.1 Å². The van der Waals surface area contributed by atoms with E-state index in [1.807, 2.05) is 17.9 Å². The number of hydrogen-bond donors (Lipinski definition) is 1. The Morgan fingerprint density at radius 3 is 2.42 bits per heavy atom. The van der Waals surface area contributed by atoms with Crippen molar-refractivity contribution < 1.29 is 4.74 Å². The van der Waals surface area contributed by atoms with Crippen molar-refractivity contribution in [3.05, 3.63) is 16.4 Å². The maximum Gasteiger partial charge on any atom is 0.0882 e. The number of hydrogen-bond acceptors (Lipinski definition) is 3. The van der Waals surface area contributed by atoms with E-state index in [-0.39, 0.29) is 11.6 Å². The van der Waals surface area contributed by atoms with Gasteiger partial charge >= 0.3 is 0 Å². The van der Waals surface area contributed by atoms with E-state index in [1.165, 1.54) is 0 Å². The molecule has 0 saturated heterocycles. The van der Waals surface area contributed by atoms with Gasteiger partial charge in [-0.25, -0.2) is 0 Å². The highest BCUT2D eigenvalue weighted by atomic mass is 79.9. The predicted molar refractivity (Wildman–Crippen MR) is 82.3 cm³/mol. The van der Waals surface area contributed by atoms with Crippen LogP contribution in [0, 0.1) is 0 Å². The van der Waals surface area contributed by atoms with Gasteiger partial charge in [-0.1, -0.05) is 20.8 Å². The van der Waals surface area contributed by atoms with Gasteiger partial charge in [0.25, 0.3) is 0 Å². The van der Waals surface area contributed by atoms with Crippen LogP contribution < -0.4 is 5.32 Å². The molecular weight excluding hydrogens is 306 g/mol. The van der Waals surface area contributed by atoms with Crippen molar-refractivity contribution in [2.45, 2.75) is 51.7 Å². The quantitative estimate of drug-likeness (QED) is 0.793. The molecule has 4 nitrogen and oxygen atoms in total. The third-order valence-electron chi connectivity index (χ3n) is 3.94. The first kappa shape index (κ1) is 16.7. The fraction of sp³-hybridized carbons (Fsp3) is 0.786. The molecule has 1 aromatic rings. The molecule has 0 aliphatic carbocycles. The number of nitrogens with zero attached hydrogens (tertiary/aromatic N) is 2. The highest BCUT2D eigenvalue weighted by Crippen LogP contribution is 2.37. The molecule has 1 unspecified atom stereocenters. The van der Waals surface area contributed by atoms with E-state index < -0.39 is 0 Å². The zero-order valence-electron chi connectivity index (χ0n) is 12.7. The Morgan fingerprint density at radius 1 is 1.42 bits per heavy atom. The molecule has 1 aromatic heterocycles.